The molecule has 2 rings (SSSR count). The molecule has 0 aliphatic rings. The quantitative estimate of drug-likeness (QED) is 0.758. The van der Waals surface area contributed by atoms with Gasteiger partial charge >= 0.3 is 0 Å². The maximum atomic E-state index is 12.3. The van der Waals surface area contributed by atoms with Crippen LogP contribution in [-0.2, 0) is 16.8 Å². The summed E-state index contributed by atoms with van der Waals surface area (Å²) in [6.45, 7) is 12.7. The van der Waals surface area contributed by atoms with Crippen molar-refractivity contribution >= 4 is 5.91 Å². The summed E-state index contributed by atoms with van der Waals surface area (Å²) in [4.78, 5) is 12.3. The second-order valence-corrected chi connectivity index (χ2v) is 8.06. The van der Waals surface area contributed by atoms with Gasteiger partial charge in [-0.2, -0.15) is 0 Å². The van der Waals surface area contributed by atoms with Gasteiger partial charge in [0.2, 0.25) is 0 Å². The van der Waals surface area contributed by atoms with Gasteiger partial charge in [0.05, 0.1) is 6.10 Å². The lowest BCUT2D eigenvalue weighted by molar-refractivity contribution is -0.127. The molecule has 4 heteroatoms. The lowest BCUT2D eigenvalue weighted by atomic mass is 9.87. The summed E-state index contributed by atoms with van der Waals surface area (Å²) in [5.41, 5.74) is 2.34. The fourth-order valence-electron chi connectivity index (χ4n) is 2.58. The van der Waals surface area contributed by atoms with Gasteiger partial charge in [-0.05, 0) is 61.6 Å². The first-order valence-electron chi connectivity index (χ1n) is 9.45. The van der Waals surface area contributed by atoms with Gasteiger partial charge in [-0.3, -0.25) is 4.79 Å². The maximum Gasteiger partial charge on any atom is 0.261 e. The summed E-state index contributed by atoms with van der Waals surface area (Å²) in [6, 6.07) is 15.6. The molecule has 27 heavy (non-hydrogen) atoms. The van der Waals surface area contributed by atoms with E-state index in [9.17, 15) is 4.79 Å². The molecule has 2 aromatic rings. The molecule has 2 aromatic carbocycles. The number of carbonyl (C=O) groups is 1. The number of ether oxygens (including phenoxy) is 2. The van der Waals surface area contributed by atoms with Gasteiger partial charge in [0.15, 0.2) is 6.10 Å². The summed E-state index contributed by atoms with van der Waals surface area (Å²) in [5.74, 6) is 1.38. The number of rotatable bonds is 7. The average molecular weight is 370 g/mol. The zero-order valence-corrected chi connectivity index (χ0v) is 17.2. The normalized spacial score (nSPS) is 12.6. The molecule has 4 nitrogen and oxygen atoms in total. The van der Waals surface area contributed by atoms with Crippen LogP contribution in [0.15, 0.2) is 48.5 Å². The number of hydrogen-bond acceptors (Lipinski definition) is 3. The van der Waals surface area contributed by atoms with E-state index in [1.165, 1.54) is 5.56 Å². The predicted octanol–water partition coefficient (Wildman–Crippen LogP) is 4.86. The minimum absolute atomic E-state index is 0.0945. The number of carbonyl (C=O) groups excluding carboxylic acids is 1. The van der Waals surface area contributed by atoms with E-state index < -0.39 is 6.10 Å². The number of benzene rings is 2. The standard InChI is InChI=1S/C23H31NO3/c1-16(2)26-20-11-7-18(8-12-20)15-24-22(25)17(3)27-21-13-9-19(10-14-21)23(4,5)6/h7-14,16-17H,15H2,1-6H3,(H,24,25)/t17-/m1/s1. The number of hydrogen-bond donors (Lipinski definition) is 1. The molecule has 0 saturated heterocycles. The van der Waals surface area contributed by atoms with E-state index in [1.54, 1.807) is 6.92 Å². The van der Waals surface area contributed by atoms with Crippen molar-refractivity contribution in [2.24, 2.45) is 0 Å². The van der Waals surface area contributed by atoms with Crippen LogP contribution in [0.25, 0.3) is 0 Å². The lowest BCUT2D eigenvalue weighted by Gasteiger charge is -2.20. The van der Waals surface area contributed by atoms with Crippen LogP contribution in [0.1, 0.15) is 52.7 Å². The van der Waals surface area contributed by atoms with Crippen LogP contribution < -0.4 is 14.8 Å². The van der Waals surface area contributed by atoms with E-state index in [-0.39, 0.29) is 17.4 Å². The Hall–Kier alpha value is -2.49. The summed E-state index contributed by atoms with van der Waals surface area (Å²) < 4.78 is 11.4. The molecular formula is C23H31NO3. The molecule has 1 amide bonds. The Labute approximate surface area is 162 Å². The first-order chi connectivity index (χ1) is 12.6. The predicted molar refractivity (Wildman–Crippen MR) is 109 cm³/mol. The number of nitrogens with one attached hydrogen (secondary N) is 1. The van der Waals surface area contributed by atoms with Crippen LogP contribution in [0, 0.1) is 0 Å². The number of amides is 1. The van der Waals surface area contributed by atoms with Crippen molar-refractivity contribution in [3.63, 3.8) is 0 Å². The molecule has 0 heterocycles. The van der Waals surface area contributed by atoms with Crippen molar-refractivity contribution in [3.8, 4) is 11.5 Å². The molecule has 0 saturated carbocycles. The van der Waals surface area contributed by atoms with Gasteiger partial charge in [-0.1, -0.05) is 45.0 Å². The second kappa shape index (κ2) is 8.94. The largest absolute Gasteiger partial charge is 0.491 e. The van der Waals surface area contributed by atoms with Crippen LogP contribution in [0.2, 0.25) is 0 Å². The highest BCUT2D eigenvalue weighted by Crippen LogP contribution is 2.24. The maximum absolute atomic E-state index is 12.3. The van der Waals surface area contributed by atoms with Crippen LogP contribution >= 0.6 is 0 Å². The fraction of sp³-hybridized carbons (Fsp3) is 0.435. The first kappa shape index (κ1) is 20.8. The smallest absolute Gasteiger partial charge is 0.261 e. The molecule has 0 fully saturated rings. The molecule has 0 aliphatic heterocycles. The summed E-state index contributed by atoms with van der Waals surface area (Å²) in [5, 5.41) is 2.91. The van der Waals surface area contributed by atoms with Crippen molar-refractivity contribution < 1.29 is 14.3 Å². The van der Waals surface area contributed by atoms with Gasteiger partial charge < -0.3 is 14.8 Å². The van der Waals surface area contributed by atoms with Crippen LogP contribution in [0.4, 0.5) is 0 Å². The topological polar surface area (TPSA) is 47.6 Å². The van der Waals surface area contributed by atoms with Crippen molar-refractivity contribution in [2.75, 3.05) is 0 Å². The monoisotopic (exact) mass is 369 g/mol. The lowest BCUT2D eigenvalue weighted by Crippen LogP contribution is -2.35. The van der Waals surface area contributed by atoms with Gasteiger partial charge in [-0.25, -0.2) is 0 Å². The summed E-state index contributed by atoms with van der Waals surface area (Å²) in [6.07, 6.45) is -0.417. The van der Waals surface area contributed by atoms with Gasteiger partial charge in [0.25, 0.3) is 5.91 Å². The van der Waals surface area contributed by atoms with Crippen molar-refractivity contribution in [1.29, 1.82) is 0 Å². The van der Waals surface area contributed by atoms with E-state index in [1.807, 2.05) is 62.4 Å². The molecule has 0 aromatic heterocycles. The molecular weight excluding hydrogens is 338 g/mol. The molecule has 1 atom stereocenters. The van der Waals surface area contributed by atoms with E-state index >= 15 is 0 Å². The van der Waals surface area contributed by atoms with Crippen LogP contribution in [0.5, 0.6) is 11.5 Å². The Morgan fingerprint density at radius 2 is 1.41 bits per heavy atom. The molecule has 1 N–H and O–H groups in total. The van der Waals surface area contributed by atoms with Gasteiger partial charge in [-0.15, -0.1) is 0 Å². The van der Waals surface area contributed by atoms with Crippen molar-refractivity contribution in [3.05, 3.63) is 59.7 Å². The van der Waals surface area contributed by atoms with Crippen molar-refractivity contribution in [2.45, 2.75) is 65.7 Å². The summed E-state index contributed by atoms with van der Waals surface area (Å²) >= 11 is 0. The highest BCUT2D eigenvalue weighted by molar-refractivity contribution is 5.80. The third kappa shape index (κ3) is 6.63. The highest BCUT2D eigenvalue weighted by atomic mass is 16.5. The van der Waals surface area contributed by atoms with E-state index in [0.29, 0.717) is 12.3 Å². The Morgan fingerprint density at radius 3 is 1.93 bits per heavy atom. The zero-order chi connectivity index (χ0) is 20.0. The molecule has 0 aliphatic carbocycles. The fourth-order valence-corrected chi connectivity index (χ4v) is 2.58. The molecule has 146 valence electrons. The Bertz CT molecular complexity index is 728. The van der Waals surface area contributed by atoms with E-state index in [0.717, 1.165) is 11.3 Å². The summed E-state index contributed by atoms with van der Waals surface area (Å²) in [7, 11) is 0. The SMILES string of the molecule is CC(C)Oc1ccc(CNC(=O)[C@@H](C)Oc2ccc(C(C)(C)C)cc2)cc1. The van der Waals surface area contributed by atoms with Crippen molar-refractivity contribution in [1.82, 2.24) is 5.32 Å². The van der Waals surface area contributed by atoms with Gasteiger partial charge in [0, 0.05) is 6.54 Å². The molecule has 0 radical (unpaired) electrons. The van der Waals surface area contributed by atoms with Crippen LogP contribution in [-0.4, -0.2) is 18.1 Å². The van der Waals surface area contributed by atoms with E-state index in [4.69, 9.17) is 9.47 Å². The van der Waals surface area contributed by atoms with E-state index in [2.05, 4.69) is 26.1 Å². The molecule has 0 bridgehead atoms. The van der Waals surface area contributed by atoms with Crippen LogP contribution in [0.3, 0.4) is 0 Å². The molecule has 0 unspecified atom stereocenters. The zero-order valence-electron chi connectivity index (χ0n) is 17.2. The minimum atomic E-state index is -0.561. The second-order valence-electron chi connectivity index (χ2n) is 8.06. The minimum Gasteiger partial charge on any atom is -0.491 e. The Morgan fingerprint density at radius 1 is 0.889 bits per heavy atom. The third-order valence-electron chi connectivity index (χ3n) is 4.16. The first-order valence-corrected chi connectivity index (χ1v) is 9.45. The average Bonchev–Trinajstić information content (AvgIpc) is 2.60. The highest BCUT2D eigenvalue weighted by Gasteiger charge is 2.16. The Kier molecular flexibility index (Phi) is 6.89. The molecule has 0 spiro atoms. The third-order valence-corrected chi connectivity index (χ3v) is 4.16. The van der Waals surface area contributed by atoms with Gasteiger partial charge in [0.1, 0.15) is 11.5 Å². The Balaban J connectivity index is 1.85.